The highest BCUT2D eigenvalue weighted by atomic mass is 35.5. The van der Waals surface area contributed by atoms with Gasteiger partial charge < -0.3 is 24.8 Å². The van der Waals surface area contributed by atoms with E-state index in [0.29, 0.717) is 54.0 Å². The molecule has 0 saturated carbocycles. The summed E-state index contributed by atoms with van der Waals surface area (Å²) in [6, 6.07) is 11.8. The number of para-hydroxylation sites is 1. The van der Waals surface area contributed by atoms with Crippen LogP contribution in [0.5, 0.6) is 11.5 Å². The molecule has 0 fully saturated rings. The van der Waals surface area contributed by atoms with Crippen LogP contribution in [0.2, 0.25) is 5.02 Å². The van der Waals surface area contributed by atoms with Crippen LogP contribution in [0.1, 0.15) is 32.8 Å². The lowest BCUT2D eigenvalue weighted by Crippen LogP contribution is -2.38. The molecule has 0 heterocycles. The Kier molecular flexibility index (Phi) is 12.2. The van der Waals surface area contributed by atoms with E-state index in [9.17, 15) is 14.4 Å². The summed E-state index contributed by atoms with van der Waals surface area (Å²) in [6.45, 7) is 6.57. The van der Waals surface area contributed by atoms with E-state index >= 15 is 0 Å². The summed E-state index contributed by atoms with van der Waals surface area (Å²) in [5.74, 6) is -1.31. The van der Waals surface area contributed by atoms with Gasteiger partial charge in [0.1, 0.15) is 0 Å². The molecule has 0 radical (unpaired) electrons. The summed E-state index contributed by atoms with van der Waals surface area (Å²) in [7, 11) is 0. The third-order valence-corrected chi connectivity index (χ3v) is 4.75. The number of rotatable bonds is 13. The van der Waals surface area contributed by atoms with Gasteiger partial charge in [-0.15, -0.1) is 0 Å². The molecule has 194 valence electrons. The van der Waals surface area contributed by atoms with Gasteiger partial charge in [0, 0.05) is 13.2 Å². The molecule has 0 atom stereocenters. The molecule has 11 heteroatoms. The minimum absolute atomic E-state index is 0.112. The third kappa shape index (κ3) is 10.3. The van der Waals surface area contributed by atoms with Crippen molar-refractivity contribution in [3.05, 3.63) is 53.1 Å². The molecule has 0 aliphatic heterocycles. The van der Waals surface area contributed by atoms with Gasteiger partial charge in [0.25, 0.3) is 5.91 Å². The fraction of sp³-hybridized carbons (Fsp3) is 0.360. The summed E-state index contributed by atoms with van der Waals surface area (Å²) in [5, 5.41) is 9.40. The van der Waals surface area contributed by atoms with E-state index in [1.54, 1.807) is 42.5 Å². The van der Waals surface area contributed by atoms with Crippen molar-refractivity contribution >= 4 is 41.2 Å². The summed E-state index contributed by atoms with van der Waals surface area (Å²) in [4.78, 5) is 35.9. The van der Waals surface area contributed by atoms with Crippen molar-refractivity contribution in [3.8, 4) is 11.5 Å². The van der Waals surface area contributed by atoms with Crippen LogP contribution in [-0.4, -0.2) is 56.4 Å². The average Bonchev–Trinajstić information content (AvgIpc) is 2.84. The van der Waals surface area contributed by atoms with Gasteiger partial charge in [-0.05, 0) is 63.1 Å². The number of anilines is 1. The van der Waals surface area contributed by atoms with E-state index in [4.69, 9.17) is 25.8 Å². The van der Waals surface area contributed by atoms with Gasteiger partial charge in [-0.25, -0.2) is 5.43 Å². The highest BCUT2D eigenvalue weighted by molar-refractivity contribution is 6.35. The highest BCUT2D eigenvalue weighted by Crippen LogP contribution is 2.28. The quantitative estimate of drug-likeness (QED) is 0.162. The number of carbonyl (C=O) groups excluding carboxylic acids is 3. The number of nitrogens with zero attached hydrogens (tertiary/aromatic N) is 1. The Hall–Kier alpha value is -3.63. The van der Waals surface area contributed by atoms with Gasteiger partial charge in [0.15, 0.2) is 18.1 Å². The maximum Gasteiger partial charge on any atom is 0.329 e. The number of hydrogen-bond acceptors (Lipinski definition) is 7. The second kappa shape index (κ2) is 15.4. The molecule has 0 aromatic heterocycles. The Labute approximate surface area is 215 Å². The van der Waals surface area contributed by atoms with Crippen molar-refractivity contribution < 1.29 is 28.6 Å². The SMILES string of the molecule is CCOc1cc(/C=N\NC(=O)C(=O)NCCCOC(C)C)ccc1OCC(=O)Nc1ccccc1Cl. The molecule has 0 aliphatic carbocycles. The number of benzene rings is 2. The maximum absolute atomic E-state index is 12.2. The van der Waals surface area contributed by atoms with E-state index in [0.717, 1.165) is 0 Å². The van der Waals surface area contributed by atoms with Crippen LogP contribution in [0.25, 0.3) is 0 Å². The van der Waals surface area contributed by atoms with Gasteiger partial charge in [0.05, 0.1) is 29.6 Å². The number of amides is 3. The number of halogens is 1. The first-order chi connectivity index (χ1) is 17.3. The minimum atomic E-state index is -0.884. The zero-order chi connectivity index (χ0) is 26.3. The van der Waals surface area contributed by atoms with Crippen LogP contribution >= 0.6 is 11.6 Å². The summed E-state index contributed by atoms with van der Waals surface area (Å²) >= 11 is 6.05. The first kappa shape index (κ1) is 28.6. The van der Waals surface area contributed by atoms with Crippen molar-refractivity contribution in [1.82, 2.24) is 10.7 Å². The molecule has 36 heavy (non-hydrogen) atoms. The predicted octanol–water partition coefficient (Wildman–Crippen LogP) is 3.14. The summed E-state index contributed by atoms with van der Waals surface area (Å²) in [6.07, 6.45) is 2.07. The molecular weight excluding hydrogens is 488 g/mol. The van der Waals surface area contributed by atoms with Crippen molar-refractivity contribution in [2.75, 3.05) is 31.7 Å². The fourth-order valence-corrected chi connectivity index (χ4v) is 2.96. The van der Waals surface area contributed by atoms with E-state index in [1.807, 2.05) is 20.8 Å². The topological polar surface area (TPSA) is 127 Å². The Morgan fingerprint density at radius 3 is 2.56 bits per heavy atom. The number of carbonyl (C=O) groups is 3. The van der Waals surface area contributed by atoms with Gasteiger partial charge in [-0.2, -0.15) is 5.10 Å². The lowest BCUT2D eigenvalue weighted by Gasteiger charge is -2.13. The number of ether oxygens (including phenoxy) is 3. The lowest BCUT2D eigenvalue weighted by molar-refractivity contribution is -0.139. The maximum atomic E-state index is 12.2. The molecule has 3 N–H and O–H groups in total. The molecule has 0 spiro atoms. The zero-order valence-electron chi connectivity index (χ0n) is 20.5. The summed E-state index contributed by atoms with van der Waals surface area (Å²) in [5.41, 5.74) is 3.24. The number of hydrogen-bond donors (Lipinski definition) is 3. The average molecular weight is 519 g/mol. The lowest BCUT2D eigenvalue weighted by atomic mass is 10.2. The second-order valence-corrected chi connectivity index (χ2v) is 8.09. The Bertz CT molecular complexity index is 1060. The summed E-state index contributed by atoms with van der Waals surface area (Å²) < 4.78 is 16.6. The zero-order valence-corrected chi connectivity index (χ0v) is 21.3. The molecule has 10 nitrogen and oxygen atoms in total. The predicted molar refractivity (Wildman–Crippen MR) is 138 cm³/mol. The molecule has 0 aliphatic rings. The van der Waals surface area contributed by atoms with E-state index in [-0.39, 0.29) is 18.6 Å². The smallest absolute Gasteiger partial charge is 0.329 e. The molecule has 2 rings (SSSR count). The molecule has 0 unspecified atom stereocenters. The monoisotopic (exact) mass is 518 g/mol. The highest BCUT2D eigenvalue weighted by Gasteiger charge is 2.12. The molecule has 3 amide bonds. The normalized spacial score (nSPS) is 10.8. The fourth-order valence-electron chi connectivity index (χ4n) is 2.77. The molecule has 2 aromatic carbocycles. The van der Waals surface area contributed by atoms with Crippen LogP contribution in [-0.2, 0) is 19.1 Å². The second-order valence-electron chi connectivity index (χ2n) is 7.68. The van der Waals surface area contributed by atoms with Crippen molar-refractivity contribution in [1.29, 1.82) is 0 Å². The van der Waals surface area contributed by atoms with Crippen LogP contribution in [0, 0.1) is 0 Å². The van der Waals surface area contributed by atoms with Crippen LogP contribution in [0.4, 0.5) is 5.69 Å². The van der Waals surface area contributed by atoms with E-state index < -0.39 is 11.8 Å². The molecule has 0 bridgehead atoms. The first-order valence-electron chi connectivity index (χ1n) is 11.5. The number of hydrazone groups is 1. The third-order valence-electron chi connectivity index (χ3n) is 4.42. The molecule has 0 saturated heterocycles. The van der Waals surface area contributed by atoms with Crippen LogP contribution in [0.15, 0.2) is 47.6 Å². The largest absolute Gasteiger partial charge is 0.490 e. The minimum Gasteiger partial charge on any atom is -0.490 e. The van der Waals surface area contributed by atoms with Crippen LogP contribution < -0.4 is 25.5 Å². The van der Waals surface area contributed by atoms with Gasteiger partial charge in [-0.1, -0.05) is 23.7 Å². The molecular formula is C25H31ClN4O6. The Balaban J connectivity index is 1.86. The van der Waals surface area contributed by atoms with E-state index in [1.165, 1.54) is 6.21 Å². The van der Waals surface area contributed by atoms with Crippen LogP contribution in [0.3, 0.4) is 0 Å². The Morgan fingerprint density at radius 2 is 1.83 bits per heavy atom. The van der Waals surface area contributed by atoms with Gasteiger partial charge in [-0.3, -0.25) is 14.4 Å². The van der Waals surface area contributed by atoms with Crippen molar-refractivity contribution in [2.45, 2.75) is 33.3 Å². The van der Waals surface area contributed by atoms with Crippen molar-refractivity contribution in [3.63, 3.8) is 0 Å². The number of nitrogens with one attached hydrogen (secondary N) is 3. The standard InChI is InChI=1S/C25H31ClN4O6/c1-4-34-22-14-18(15-28-30-25(33)24(32)27-12-7-13-35-17(2)3)10-11-21(22)36-16-23(31)29-20-9-6-5-8-19(20)26/h5-6,8-11,14-15,17H,4,7,12-13,16H2,1-3H3,(H,27,32)(H,29,31)(H,30,33)/b28-15-. The van der Waals surface area contributed by atoms with E-state index in [2.05, 4.69) is 21.2 Å². The van der Waals surface area contributed by atoms with Gasteiger partial charge >= 0.3 is 11.8 Å². The van der Waals surface area contributed by atoms with Gasteiger partial charge in [0.2, 0.25) is 0 Å². The Morgan fingerprint density at radius 1 is 1.06 bits per heavy atom. The first-order valence-corrected chi connectivity index (χ1v) is 11.8. The van der Waals surface area contributed by atoms with Crippen molar-refractivity contribution in [2.24, 2.45) is 5.10 Å². The molecule has 2 aromatic rings.